The molecular formula is C16H26N2O2. The molecule has 1 aliphatic heterocycles. The van der Waals surface area contributed by atoms with Gasteiger partial charge < -0.3 is 19.7 Å². The van der Waals surface area contributed by atoms with E-state index in [9.17, 15) is 0 Å². The Balaban J connectivity index is 1.86. The minimum Gasteiger partial charge on any atom is -0.491 e. The summed E-state index contributed by atoms with van der Waals surface area (Å²) in [7, 11) is 0. The molecule has 1 heterocycles. The molecule has 0 radical (unpaired) electrons. The van der Waals surface area contributed by atoms with Crippen LogP contribution in [0, 0.1) is 0 Å². The van der Waals surface area contributed by atoms with E-state index < -0.39 is 0 Å². The number of ether oxygens (including phenoxy) is 2. The van der Waals surface area contributed by atoms with Gasteiger partial charge in [-0.1, -0.05) is 6.07 Å². The van der Waals surface area contributed by atoms with Crippen molar-refractivity contribution in [1.29, 1.82) is 0 Å². The summed E-state index contributed by atoms with van der Waals surface area (Å²) in [6.45, 7) is 9.63. The summed E-state index contributed by atoms with van der Waals surface area (Å²) >= 11 is 0. The second-order valence-corrected chi connectivity index (χ2v) is 5.36. The number of hydrogen-bond acceptors (Lipinski definition) is 4. The summed E-state index contributed by atoms with van der Waals surface area (Å²) < 4.78 is 11.2. The maximum Gasteiger partial charge on any atom is 0.121 e. The van der Waals surface area contributed by atoms with Gasteiger partial charge in [0, 0.05) is 31.4 Å². The average Bonchev–Trinajstić information content (AvgIpc) is 2.73. The van der Waals surface area contributed by atoms with E-state index in [0.717, 1.165) is 31.9 Å². The summed E-state index contributed by atoms with van der Waals surface area (Å²) in [6, 6.07) is 8.35. The number of benzene rings is 1. The monoisotopic (exact) mass is 278 g/mol. The highest BCUT2D eigenvalue weighted by atomic mass is 16.5. The third-order valence-electron chi connectivity index (χ3n) is 3.33. The van der Waals surface area contributed by atoms with Crippen molar-refractivity contribution in [3.05, 3.63) is 24.3 Å². The summed E-state index contributed by atoms with van der Waals surface area (Å²) in [5, 5.41) is 3.42. The number of nitrogens with zero attached hydrogens (tertiary/aromatic N) is 1. The topological polar surface area (TPSA) is 33.7 Å². The Morgan fingerprint density at radius 2 is 2.10 bits per heavy atom. The number of rotatable bonds is 6. The van der Waals surface area contributed by atoms with Crippen LogP contribution in [-0.2, 0) is 4.74 Å². The zero-order valence-corrected chi connectivity index (χ0v) is 12.6. The van der Waals surface area contributed by atoms with Gasteiger partial charge in [-0.2, -0.15) is 0 Å². The Hall–Kier alpha value is -1.26. The van der Waals surface area contributed by atoms with Crippen LogP contribution < -0.4 is 15.0 Å². The zero-order chi connectivity index (χ0) is 14.2. The van der Waals surface area contributed by atoms with Crippen LogP contribution in [0.15, 0.2) is 24.3 Å². The van der Waals surface area contributed by atoms with Crippen LogP contribution in [0.25, 0.3) is 0 Å². The standard InChI is InChI=1S/C16H26N2O2/c1-14(2)19-11-12-20-16-6-3-5-15(13-16)18-9-4-7-17-8-10-18/h3,5-6,13-14,17H,4,7-12H2,1-2H3. The molecule has 1 fully saturated rings. The highest BCUT2D eigenvalue weighted by Gasteiger charge is 2.09. The van der Waals surface area contributed by atoms with E-state index in [1.807, 2.05) is 19.9 Å². The molecule has 0 aliphatic carbocycles. The van der Waals surface area contributed by atoms with E-state index >= 15 is 0 Å². The van der Waals surface area contributed by atoms with E-state index in [1.165, 1.54) is 12.1 Å². The average molecular weight is 278 g/mol. The van der Waals surface area contributed by atoms with Gasteiger partial charge >= 0.3 is 0 Å². The predicted octanol–water partition coefficient (Wildman–Crippen LogP) is 2.29. The molecule has 112 valence electrons. The summed E-state index contributed by atoms with van der Waals surface area (Å²) in [4.78, 5) is 2.41. The van der Waals surface area contributed by atoms with Crippen molar-refractivity contribution in [3.8, 4) is 5.75 Å². The van der Waals surface area contributed by atoms with Crippen molar-refractivity contribution < 1.29 is 9.47 Å². The first-order chi connectivity index (χ1) is 9.75. The molecule has 4 heteroatoms. The number of anilines is 1. The van der Waals surface area contributed by atoms with Crippen LogP contribution >= 0.6 is 0 Å². The van der Waals surface area contributed by atoms with Crippen LogP contribution in [0.5, 0.6) is 5.75 Å². The molecule has 0 amide bonds. The van der Waals surface area contributed by atoms with E-state index in [-0.39, 0.29) is 6.10 Å². The second-order valence-electron chi connectivity index (χ2n) is 5.36. The van der Waals surface area contributed by atoms with Crippen LogP contribution in [0.4, 0.5) is 5.69 Å². The quantitative estimate of drug-likeness (QED) is 0.810. The minimum atomic E-state index is 0.259. The molecule has 0 bridgehead atoms. The molecule has 4 nitrogen and oxygen atoms in total. The molecule has 2 rings (SSSR count). The molecular weight excluding hydrogens is 252 g/mol. The van der Waals surface area contributed by atoms with Crippen molar-refractivity contribution in [2.75, 3.05) is 44.3 Å². The Morgan fingerprint density at radius 1 is 1.20 bits per heavy atom. The lowest BCUT2D eigenvalue weighted by Crippen LogP contribution is -2.27. The first kappa shape index (κ1) is 15.1. The van der Waals surface area contributed by atoms with Crippen LogP contribution in [0.2, 0.25) is 0 Å². The van der Waals surface area contributed by atoms with Crippen molar-refractivity contribution in [3.63, 3.8) is 0 Å². The van der Waals surface area contributed by atoms with Gasteiger partial charge in [-0.15, -0.1) is 0 Å². The van der Waals surface area contributed by atoms with Gasteiger partial charge in [-0.05, 0) is 38.9 Å². The Labute approximate surface area is 122 Å². The van der Waals surface area contributed by atoms with E-state index in [4.69, 9.17) is 9.47 Å². The van der Waals surface area contributed by atoms with E-state index in [1.54, 1.807) is 0 Å². The van der Waals surface area contributed by atoms with Gasteiger partial charge in [0.1, 0.15) is 12.4 Å². The van der Waals surface area contributed by atoms with Crippen LogP contribution in [-0.4, -0.2) is 45.5 Å². The molecule has 0 saturated carbocycles. The minimum absolute atomic E-state index is 0.259. The molecule has 1 aromatic carbocycles. The van der Waals surface area contributed by atoms with Gasteiger partial charge in [0.15, 0.2) is 0 Å². The second kappa shape index (κ2) is 8.12. The molecule has 0 atom stereocenters. The lowest BCUT2D eigenvalue weighted by molar-refractivity contribution is 0.0553. The predicted molar refractivity (Wildman–Crippen MR) is 82.7 cm³/mol. The number of nitrogens with one attached hydrogen (secondary N) is 1. The first-order valence-corrected chi connectivity index (χ1v) is 7.56. The summed E-state index contributed by atoms with van der Waals surface area (Å²) in [5.74, 6) is 0.923. The molecule has 1 N–H and O–H groups in total. The normalized spacial score (nSPS) is 16.2. The molecule has 0 spiro atoms. The fourth-order valence-electron chi connectivity index (χ4n) is 2.32. The molecule has 0 aromatic heterocycles. The van der Waals surface area contributed by atoms with Gasteiger partial charge in [0.25, 0.3) is 0 Å². The maximum atomic E-state index is 5.75. The van der Waals surface area contributed by atoms with Crippen LogP contribution in [0.1, 0.15) is 20.3 Å². The molecule has 20 heavy (non-hydrogen) atoms. The summed E-state index contributed by atoms with van der Waals surface area (Å²) in [6.07, 6.45) is 1.45. The third-order valence-corrected chi connectivity index (χ3v) is 3.33. The smallest absolute Gasteiger partial charge is 0.121 e. The van der Waals surface area contributed by atoms with E-state index in [2.05, 4.69) is 28.4 Å². The van der Waals surface area contributed by atoms with Crippen molar-refractivity contribution in [2.24, 2.45) is 0 Å². The molecule has 1 aromatic rings. The first-order valence-electron chi connectivity index (χ1n) is 7.56. The largest absolute Gasteiger partial charge is 0.491 e. The SMILES string of the molecule is CC(C)OCCOc1cccc(N2CCCNCC2)c1. The fourth-order valence-corrected chi connectivity index (χ4v) is 2.32. The lowest BCUT2D eigenvalue weighted by atomic mass is 10.2. The zero-order valence-electron chi connectivity index (χ0n) is 12.6. The van der Waals surface area contributed by atoms with Crippen molar-refractivity contribution >= 4 is 5.69 Å². The van der Waals surface area contributed by atoms with Crippen molar-refractivity contribution in [1.82, 2.24) is 5.32 Å². The van der Waals surface area contributed by atoms with E-state index in [0.29, 0.717) is 13.2 Å². The Bertz CT molecular complexity index is 388. The summed E-state index contributed by atoms with van der Waals surface area (Å²) in [5.41, 5.74) is 1.25. The Morgan fingerprint density at radius 3 is 2.95 bits per heavy atom. The maximum absolute atomic E-state index is 5.75. The lowest BCUT2D eigenvalue weighted by Gasteiger charge is -2.22. The Kier molecular flexibility index (Phi) is 6.15. The van der Waals surface area contributed by atoms with Gasteiger partial charge in [0.2, 0.25) is 0 Å². The molecule has 1 aliphatic rings. The third kappa shape index (κ3) is 5.02. The highest BCUT2D eigenvalue weighted by molar-refractivity contribution is 5.50. The number of hydrogen-bond donors (Lipinski definition) is 1. The molecule has 1 saturated heterocycles. The van der Waals surface area contributed by atoms with Gasteiger partial charge in [0.05, 0.1) is 12.7 Å². The van der Waals surface area contributed by atoms with Gasteiger partial charge in [-0.25, -0.2) is 0 Å². The van der Waals surface area contributed by atoms with Gasteiger partial charge in [-0.3, -0.25) is 0 Å². The van der Waals surface area contributed by atoms with Crippen LogP contribution in [0.3, 0.4) is 0 Å². The molecule has 0 unspecified atom stereocenters. The fraction of sp³-hybridized carbons (Fsp3) is 0.625. The van der Waals surface area contributed by atoms with Crippen molar-refractivity contribution in [2.45, 2.75) is 26.4 Å². The highest BCUT2D eigenvalue weighted by Crippen LogP contribution is 2.21.